The highest BCUT2D eigenvalue weighted by Crippen LogP contribution is 2.18. The molecule has 0 atom stereocenters. The molecule has 0 unspecified atom stereocenters. The fourth-order valence-electron chi connectivity index (χ4n) is 2.38. The molecule has 0 aliphatic carbocycles. The van der Waals surface area contributed by atoms with Gasteiger partial charge in [-0.1, -0.05) is 25.1 Å². The third-order valence-electron chi connectivity index (χ3n) is 3.57. The number of rotatable bonds is 5. The number of aromatic carboxylic acids is 1. The molecule has 0 saturated carbocycles. The second-order valence-electron chi connectivity index (χ2n) is 5.16. The summed E-state index contributed by atoms with van der Waals surface area (Å²) in [5.74, 6) is -0.335. The summed E-state index contributed by atoms with van der Waals surface area (Å²) in [6.07, 6.45) is 0.777. The first kappa shape index (κ1) is 15.8. The first-order valence-corrected chi connectivity index (χ1v) is 7.10. The molecular formula is C17H19NO4. The van der Waals surface area contributed by atoms with Crippen molar-refractivity contribution in [3.63, 3.8) is 0 Å². The van der Waals surface area contributed by atoms with Crippen LogP contribution in [0.5, 0.6) is 0 Å². The minimum atomic E-state index is -1.03. The van der Waals surface area contributed by atoms with Crippen LogP contribution in [-0.4, -0.2) is 28.9 Å². The van der Waals surface area contributed by atoms with Gasteiger partial charge in [0.1, 0.15) is 17.1 Å². The van der Waals surface area contributed by atoms with Crippen molar-refractivity contribution in [3.05, 3.63) is 58.5 Å². The van der Waals surface area contributed by atoms with Gasteiger partial charge in [-0.15, -0.1) is 0 Å². The van der Waals surface area contributed by atoms with Crippen molar-refractivity contribution >= 4 is 11.9 Å². The number of hydrogen-bond donors (Lipinski definition) is 1. The minimum absolute atomic E-state index is 0.108. The van der Waals surface area contributed by atoms with Gasteiger partial charge in [-0.05, 0) is 31.0 Å². The number of hydrogen-bond acceptors (Lipinski definition) is 3. The van der Waals surface area contributed by atoms with E-state index < -0.39 is 5.97 Å². The monoisotopic (exact) mass is 301 g/mol. The molecule has 1 heterocycles. The molecule has 0 spiro atoms. The molecule has 116 valence electrons. The van der Waals surface area contributed by atoms with E-state index in [9.17, 15) is 9.59 Å². The first-order valence-electron chi connectivity index (χ1n) is 7.10. The van der Waals surface area contributed by atoms with Crippen LogP contribution in [0.2, 0.25) is 0 Å². The summed E-state index contributed by atoms with van der Waals surface area (Å²) in [4.78, 5) is 25.1. The zero-order valence-corrected chi connectivity index (χ0v) is 12.9. The molecule has 0 aliphatic rings. The van der Waals surface area contributed by atoms with Crippen LogP contribution in [-0.2, 0) is 13.0 Å². The van der Waals surface area contributed by atoms with Gasteiger partial charge in [0.05, 0.1) is 6.54 Å². The standard InChI is InChI=1S/C17H19NO4/c1-4-12-7-5-6-8-14(12)16(19)18(3)10-13-9-15(17(20)21)11(2)22-13/h5-9H,4,10H2,1-3H3,(H,20,21). The van der Waals surface area contributed by atoms with Crippen LogP contribution in [0.1, 0.15) is 44.7 Å². The lowest BCUT2D eigenvalue weighted by Crippen LogP contribution is -2.26. The number of carbonyl (C=O) groups is 2. The molecule has 0 bridgehead atoms. The minimum Gasteiger partial charge on any atom is -0.478 e. The molecule has 1 aromatic carbocycles. The fourth-order valence-corrected chi connectivity index (χ4v) is 2.38. The largest absolute Gasteiger partial charge is 0.478 e. The Morgan fingerprint density at radius 2 is 1.91 bits per heavy atom. The van der Waals surface area contributed by atoms with Gasteiger partial charge in [-0.25, -0.2) is 4.79 Å². The first-order chi connectivity index (χ1) is 10.4. The summed E-state index contributed by atoms with van der Waals surface area (Å²) in [6.45, 7) is 3.83. The predicted molar refractivity (Wildman–Crippen MR) is 82.0 cm³/mol. The van der Waals surface area contributed by atoms with Crippen molar-refractivity contribution in [1.82, 2.24) is 4.90 Å². The highest BCUT2D eigenvalue weighted by Gasteiger charge is 2.19. The number of benzene rings is 1. The third kappa shape index (κ3) is 3.19. The molecule has 0 saturated heterocycles. The zero-order chi connectivity index (χ0) is 16.3. The van der Waals surface area contributed by atoms with Crippen molar-refractivity contribution in [1.29, 1.82) is 0 Å². The lowest BCUT2D eigenvalue weighted by molar-refractivity contribution is 0.0694. The van der Waals surface area contributed by atoms with E-state index >= 15 is 0 Å². The van der Waals surface area contributed by atoms with Crippen LogP contribution in [0.25, 0.3) is 0 Å². The van der Waals surface area contributed by atoms with E-state index in [1.54, 1.807) is 20.0 Å². The van der Waals surface area contributed by atoms with Crippen molar-refractivity contribution in [3.8, 4) is 0 Å². The summed E-state index contributed by atoms with van der Waals surface area (Å²) in [7, 11) is 1.67. The van der Waals surface area contributed by atoms with Crippen molar-refractivity contribution < 1.29 is 19.1 Å². The summed E-state index contributed by atoms with van der Waals surface area (Å²) in [5.41, 5.74) is 1.78. The SMILES string of the molecule is CCc1ccccc1C(=O)N(C)Cc1cc(C(=O)O)c(C)o1. The predicted octanol–water partition coefficient (Wildman–Crippen LogP) is 3.12. The quantitative estimate of drug-likeness (QED) is 0.921. The van der Waals surface area contributed by atoms with Crippen LogP contribution < -0.4 is 0 Å². The molecule has 1 N–H and O–H groups in total. The average Bonchev–Trinajstić information content (AvgIpc) is 2.87. The Balaban J connectivity index is 2.18. The maximum Gasteiger partial charge on any atom is 0.339 e. The highest BCUT2D eigenvalue weighted by molar-refractivity contribution is 5.95. The summed E-state index contributed by atoms with van der Waals surface area (Å²) >= 11 is 0. The van der Waals surface area contributed by atoms with Gasteiger partial charge in [0.15, 0.2) is 0 Å². The Kier molecular flexibility index (Phi) is 4.65. The van der Waals surface area contributed by atoms with Crippen molar-refractivity contribution in [2.45, 2.75) is 26.8 Å². The summed E-state index contributed by atoms with van der Waals surface area (Å²) in [6, 6.07) is 8.94. The number of amides is 1. The maximum absolute atomic E-state index is 12.5. The smallest absolute Gasteiger partial charge is 0.339 e. The molecule has 2 aromatic rings. The number of carbonyl (C=O) groups excluding carboxylic acids is 1. The van der Waals surface area contributed by atoms with Crippen molar-refractivity contribution in [2.24, 2.45) is 0 Å². The molecule has 1 amide bonds. The van der Waals surface area contributed by atoms with E-state index in [4.69, 9.17) is 9.52 Å². The average molecular weight is 301 g/mol. The second kappa shape index (κ2) is 6.47. The second-order valence-corrected chi connectivity index (χ2v) is 5.16. The van der Waals surface area contributed by atoms with Gasteiger partial charge >= 0.3 is 5.97 Å². The van der Waals surface area contributed by atoms with E-state index in [2.05, 4.69) is 0 Å². The topological polar surface area (TPSA) is 70.8 Å². The molecule has 2 rings (SSSR count). The summed E-state index contributed by atoms with van der Waals surface area (Å²) < 4.78 is 5.41. The molecule has 0 fully saturated rings. The lowest BCUT2D eigenvalue weighted by atomic mass is 10.0. The fraction of sp³-hybridized carbons (Fsp3) is 0.294. The maximum atomic E-state index is 12.5. The van der Waals surface area contributed by atoms with Crippen LogP contribution in [0.4, 0.5) is 0 Å². The van der Waals surface area contributed by atoms with Crippen LogP contribution in [0.3, 0.4) is 0 Å². The van der Waals surface area contributed by atoms with E-state index in [0.717, 1.165) is 12.0 Å². The summed E-state index contributed by atoms with van der Waals surface area (Å²) in [5, 5.41) is 9.03. The van der Waals surface area contributed by atoms with Gasteiger partial charge in [0.2, 0.25) is 0 Å². The van der Waals surface area contributed by atoms with Gasteiger partial charge in [-0.3, -0.25) is 4.79 Å². The van der Waals surface area contributed by atoms with E-state index in [1.165, 1.54) is 11.0 Å². The highest BCUT2D eigenvalue weighted by atomic mass is 16.4. The molecule has 22 heavy (non-hydrogen) atoms. The van der Waals surface area contributed by atoms with Gasteiger partial charge in [-0.2, -0.15) is 0 Å². The Bertz CT molecular complexity index is 702. The normalized spacial score (nSPS) is 10.5. The van der Waals surface area contributed by atoms with Gasteiger partial charge < -0.3 is 14.4 Å². The van der Waals surface area contributed by atoms with E-state index in [1.807, 2.05) is 25.1 Å². The number of nitrogens with zero attached hydrogens (tertiary/aromatic N) is 1. The molecule has 5 nitrogen and oxygen atoms in total. The Hall–Kier alpha value is -2.56. The Morgan fingerprint density at radius 1 is 1.23 bits per heavy atom. The number of aryl methyl sites for hydroxylation is 2. The molecule has 0 radical (unpaired) electrons. The van der Waals surface area contributed by atoms with E-state index in [0.29, 0.717) is 17.1 Å². The lowest BCUT2D eigenvalue weighted by Gasteiger charge is -2.17. The van der Waals surface area contributed by atoms with Crippen LogP contribution in [0, 0.1) is 6.92 Å². The zero-order valence-electron chi connectivity index (χ0n) is 12.9. The van der Waals surface area contributed by atoms with Gasteiger partial charge in [0.25, 0.3) is 5.91 Å². The van der Waals surface area contributed by atoms with Gasteiger partial charge in [0, 0.05) is 12.6 Å². The third-order valence-corrected chi connectivity index (χ3v) is 3.57. The van der Waals surface area contributed by atoms with Crippen molar-refractivity contribution in [2.75, 3.05) is 7.05 Å². The number of furan rings is 1. The molecule has 0 aliphatic heterocycles. The number of carboxylic acids is 1. The Morgan fingerprint density at radius 3 is 2.50 bits per heavy atom. The molecular weight excluding hydrogens is 282 g/mol. The number of carboxylic acid groups (broad SMARTS) is 1. The van der Waals surface area contributed by atoms with Crippen LogP contribution in [0.15, 0.2) is 34.7 Å². The Labute approximate surface area is 129 Å². The molecule has 1 aromatic heterocycles. The molecule has 5 heteroatoms. The van der Waals surface area contributed by atoms with E-state index in [-0.39, 0.29) is 18.0 Å². The van der Waals surface area contributed by atoms with Crippen LogP contribution >= 0.6 is 0 Å².